The van der Waals surface area contributed by atoms with Crippen molar-refractivity contribution in [1.29, 1.82) is 5.26 Å². The number of hydrogen-bond donors (Lipinski definition) is 2. The van der Waals surface area contributed by atoms with Crippen molar-refractivity contribution in [1.82, 2.24) is 15.1 Å². The largest absolute Gasteiger partial charge is 0.461 e. The van der Waals surface area contributed by atoms with Gasteiger partial charge in [-0.25, -0.2) is 10.1 Å². The molecule has 2 aliphatic heterocycles. The maximum absolute atomic E-state index is 13.4. The second-order valence-electron chi connectivity index (χ2n) is 8.93. The Morgan fingerprint density at radius 3 is 2.71 bits per heavy atom. The molecule has 0 bridgehead atoms. The third-order valence-electron chi connectivity index (χ3n) is 6.52. The molecule has 0 radical (unpaired) electrons. The maximum atomic E-state index is 13.4. The lowest BCUT2D eigenvalue weighted by atomic mass is 10.1. The van der Waals surface area contributed by atoms with Gasteiger partial charge in [-0.1, -0.05) is 6.92 Å². The molecule has 0 spiro atoms. The third kappa shape index (κ3) is 5.58. The van der Waals surface area contributed by atoms with Crippen LogP contribution in [0.1, 0.15) is 44.8 Å². The summed E-state index contributed by atoms with van der Waals surface area (Å²) in [4.78, 5) is 32.8. The molecule has 1 atom stereocenters. The van der Waals surface area contributed by atoms with Crippen LogP contribution in [0, 0.1) is 17.9 Å². The summed E-state index contributed by atoms with van der Waals surface area (Å²) in [6, 6.07) is 8.77. The molecule has 1 aromatic heterocycles. The van der Waals surface area contributed by atoms with Crippen molar-refractivity contribution in [2.24, 2.45) is 0 Å². The van der Waals surface area contributed by atoms with E-state index in [0.717, 1.165) is 61.9 Å². The van der Waals surface area contributed by atoms with Crippen LogP contribution in [-0.4, -0.2) is 53.8 Å². The molecule has 9 nitrogen and oxygen atoms in total. The molecule has 1 unspecified atom stereocenters. The molecule has 2 N–H and O–H groups in total. The monoisotopic (exact) mass is 474 g/mol. The minimum Gasteiger partial charge on any atom is -0.461 e. The van der Waals surface area contributed by atoms with Crippen molar-refractivity contribution >= 4 is 28.5 Å². The number of nitriles is 1. The average molecular weight is 475 g/mol. The Balaban J connectivity index is 1.53. The van der Waals surface area contributed by atoms with E-state index in [9.17, 15) is 14.9 Å². The van der Waals surface area contributed by atoms with E-state index in [1.165, 1.54) is 0 Å². The van der Waals surface area contributed by atoms with Crippen molar-refractivity contribution in [3.63, 3.8) is 0 Å². The Hall–Kier alpha value is -3.98. The second kappa shape index (κ2) is 11.0. The van der Waals surface area contributed by atoms with Crippen LogP contribution in [0.2, 0.25) is 0 Å². The minimum atomic E-state index is -0.638. The molecule has 9 heteroatoms. The number of fused-ring (bicyclic) bond motifs is 1. The minimum absolute atomic E-state index is 0.0240. The number of allylic oxidation sites excluding steroid dienone is 1. The molecule has 0 saturated carbocycles. The van der Waals surface area contributed by atoms with Crippen molar-refractivity contribution < 1.29 is 14.0 Å². The number of carbonyl (C=O) groups excluding carboxylic acids is 2. The molecule has 182 valence electrons. The van der Waals surface area contributed by atoms with E-state index >= 15 is 0 Å². The number of anilines is 1. The lowest BCUT2D eigenvalue weighted by Gasteiger charge is -2.28. The molecule has 2 aliphatic rings. The normalized spacial score (nSPS) is 19.1. The van der Waals surface area contributed by atoms with E-state index < -0.39 is 6.04 Å². The zero-order chi connectivity index (χ0) is 24.8. The van der Waals surface area contributed by atoms with Gasteiger partial charge in [0.25, 0.3) is 0 Å². The summed E-state index contributed by atoms with van der Waals surface area (Å²) in [6.45, 7) is 11.6. The highest BCUT2D eigenvalue weighted by Gasteiger charge is 2.31. The number of benzene rings is 1. The predicted octanol–water partition coefficient (Wildman–Crippen LogP) is 3.61. The summed E-state index contributed by atoms with van der Waals surface area (Å²) in [6.07, 6.45) is 4.93. The third-order valence-corrected chi connectivity index (χ3v) is 6.52. The summed E-state index contributed by atoms with van der Waals surface area (Å²) in [5.41, 5.74) is 1.26. The van der Waals surface area contributed by atoms with Gasteiger partial charge >= 0.3 is 5.70 Å². The molecule has 35 heavy (non-hydrogen) atoms. The molecule has 3 heterocycles. The van der Waals surface area contributed by atoms with Crippen LogP contribution in [0.4, 0.5) is 5.69 Å². The fourth-order valence-corrected chi connectivity index (χ4v) is 4.60. The molecular formula is C26H30N6O3. The lowest BCUT2D eigenvalue weighted by molar-refractivity contribution is -0.140. The summed E-state index contributed by atoms with van der Waals surface area (Å²) < 4.78 is 5.76. The van der Waals surface area contributed by atoms with Crippen LogP contribution in [0.15, 0.2) is 40.2 Å². The van der Waals surface area contributed by atoms with Crippen LogP contribution in [0.5, 0.6) is 0 Å². The summed E-state index contributed by atoms with van der Waals surface area (Å²) in [5, 5.41) is 16.7. The zero-order valence-electron chi connectivity index (χ0n) is 20.0. The Bertz CT molecular complexity index is 1200. The highest BCUT2D eigenvalue weighted by atomic mass is 16.3. The van der Waals surface area contributed by atoms with Crippen LogP contribution in [-0.2, 0) is 16.0 Å². The smallest absolute Gasteiger partial charge is 0.300 e. The van der Waals surface area contributed by atoms with Crippen LogP contribution in [0.25, 0.3) is 15.8 Å². The number of amides is 2. The number of carbonyl (C=O) groups is 2. The molecule has 2 saturated heterocycles. The quantitative estimate of drug-likeness (QED) is 0.469. The Kier molecular flexibility index (Phi) is 7.57. The Morgan fingerprint density at radius 2 is 2.00 bits per heavy atom. The highest BCUT2D eigenvalue weighted by molar-refractivity contribution is 5.88. The van der Waals surface area contributed by atoms with Gasteiger partial charge in [0.05, 0.1) is 19.2 Å². The van der Waals surface area contributed by atoms with Crippen molar-refractivity contribution in [3.8, 4) is 6.07 Å². The zero-order valence-corrected chi connectivity index (χ0v) is 20.0. The second-order valence-corrected chi connectivity index (χ2v) is 8.93. The summed E-state index contributed by atoms with van der Waals surface area (Å²) >= 11 is 0. The van der Waals surface area contributed by atoms with Gasteiger partial charge in [0.2, 0.25) is 11.8 Å². The first-order valence-electron chi connectivity index (χ1n) is 12.2. The van der Waals surface area contributed by atoms with Crippen LogP contribution in [0.3, 0.4) is 0 Å². The van der Waals surface area contributed by atoms with Gasteiger partial charge < -0.3 is 24.9 Å². The number of rotatable bonds is 7. The maximum Gasteiger partial charge on any atom is 0.300 e. The SMILES string of the molecule is [C-]#[N+]/C(C#N)=C(\Nc1ccc2oc(CC)cc2c1)NC1CCCCN(CC(=O)N2CCCC2)C1=O. The molecular weight excluding hydrogens is 444 g/mol. The number of likely N-dealkylation sites (tertiary alicyclic amines) is 2. The van der Waals surface area contributed by atoms with Gasteiger partial charge in [-0.15, -0.1) is 0 Å². The first kappa shape index (κ1) is 24.2. The van der Waals surface area contributed by atoms with Crippen molar-refractivity contribution in [2.45, 2.75) is 51.5 Å². The molecule has 1 aromatic carbocycles. The summed E-state index contributed by atoms with van der Waals surface area (Å²) in [7, 11) is 0. The number of aryl methyl sites for hydroxylation is 1. The van der Waals surface area contributed by atoms with Gasteiger partial charge in [-0.3, -0.25) is 9.59 Å². The van der Waals surface area contributed by atoms with E-state index in [2.05, 4.69) is 15.5 Å². The van der Waals surface area contributed by atoms with Gasteiger partial charge in [-0.2, -0.15) is 0 Å². The Labute approximate surface area is 205 Å². The first-order chi connectivity index (χ1) is 17.0. The van der Waals surface area contributed by atoms with Gasteiger partial charge in [0.15, 0.2) is 0 Å². The fraction of sp³-hybridized carbons (Fsp3) is 0.462. The standard InChI is InChI=1S/C26H30N6O3/c1-3-20-15-18-14-19(9-10-23(18)35-20)29-25(22(16-27)28-2)30-21-8-4-5-13-32(26(21)34)17-24(33)31-11-6-7-12-31/h9-10,14-15,21,29-30H,3-8,11-13,17H2,1H3/b25-22+. The van der Waals surface area contributed by atoms with Crippen molar-refractivity contribution in [2.75, 3.05) is 31.5 Å². The topological polar surface area (TPSA) is 106 Å². The summed E-state index contributed by atoms with van der Waals surface area (Å²) in [5.74, 6) is 0.850. The molecule has 2 aromatic rings. The molecule has 2 amide bonds. The van der Waals surface area contributed by atoms with Crippen LogP contribution < -0.4 is 10.6 Å². The molecule has 0 aliphatic carbocycles. The number of nitrogens with one attached hydrogen (secondary N) is 2. The van der Waals surface area contributed by atoms with E-state index in [-0.39, 0.29) is 29.9 Å². The highest BCUT2D eigenvalue weighted by Crippen LogP contribution is 2.25. The molecule has 4 rings (SSSR count). The van der Waals surface area contributed by atoms with E-state index in [1.807, 2.05) is 42.2 Å². The van der Waals surface area contributed by atoms with Crippen LogP contribution >= 0.6 is 0 Å². The lowest BCUT2D eigenvalue weighted by Crippen LogP contribution is -2.49. The van der Waals surface area contributed by atoms with E-state index in [4.69, 9.17) is 11.0 Å². The average Bonchev–Trinajstić information content (AvgIpc) is 3.51. The van der Waals surface area contributed by atoms with Gasteiger partial charge in [0, 0.05) is 37.1 Å². The predicted molar refractivity (Wildman–Crippen MR) is 132 cm³/mol. The molecule has 2 fully saturated rings. The van der Waals surface area contributed by atoms with Gasteiger partial charge in [-0.05, 0) is 56.4 Å². The first-order valence-corrected chi connectivity index (χ1v) is 12.2. The number of hydrogen-bond acceptors (Lipinski definition) is 6. The number of nitrogens with zero attached hydrogens (tertiary/aromatic N) is 4. The van der Waals surface area contributed by atoms with Gasteiger partial charge in [0.1, 0.15) is 23.2 Å². The van der Waals surface area contributed by atoms with E-state index in [0.29, 0.717) is 18.7 Å². The number of furan rings is 1. The van der Waals surface area contributed by atoms with Crippen molar-refractivity contribution in [3.05, 3.63) is 53.0 Å². The fourth-order valence-electron chi connectivity index (χ4n) is 4.60. The Morgan fingerprint density at radius 1 is 1.23 bits per heavy atom. The van der Waals surface area contributed by atoms with E-state index in [1.54, 1.807) is 4.90 Å².